The minimum Gasteiger partial charge on any atom is -0.495 e. The van der Waals surface area contributed by atoms with Crippen LogP contribution in [0.4, 0.5) is 8.78 Å². The summed E-state index contributed by atoms with van der Waals surface area (Å²) in [6, 6.07) is 0. The Bertz CT molecular complexity index is 1740. The van der Waals surface area contributed by atoms with Gasteiger partial charge in [0.15, 0.2) is 0 Å². The zero-order chi connectivity index (χ0) is 32.8. The molecule has 4 aliphatic carbocycles. The number of nitrogens with one attached hydrogen (secondary N) is 1. The second-order valence-corrected chi connectivity index (χ2v) is 15.0. The van der Waals surface area contributed by atoms with Crippen molar-refractivity contribution in [1.29, 1.82) is 0 Å². The van der Waals surface area contributed by atoms with Crippen LogP contribution >= 0.6 is 11.3 Å². The van der Waals surface area contributed by atoms with Crippen LogP contribution in [0, 0.1) is 22.7 Å². The molecule has 0 aromatic carbocycles. The average Bonchev–Trinajstić information content (AvgIpc) is 3.96. The fourth-order valence-corrected chi connectivity index (χ4v) is 8.39. The van der Waals surface area contributed by atoms with E-state index in [9.17, 15) is 19.1 Å². The fourth-order valence-electron chi connectivity index (χ4n) is 6.98. The van der Waals surface area contributed by atoms with Crippen LogP contribution in [0.2, 0.25) is 0 Å². The molecule has 1 saturated carbocycles. The molecule has 2 amide bonds. The van der Waals surface area contributed by atoms with Crippen LogP contribution in [-0.2, 0) is 25.5 Å². The number of hydrogen-bond acceptors (Lipinski definition) is 8. The number of halogens is 2. The number of nitrogens with two attached hydrogens (primary N) is 1. The summed E-state index contributed by atoms with van der Waals surface area (Å²) in [5.74, 6) is -2.83. The largest absolute Gasteiger partial charge is 0.495 e. The summed E-state index contributed by atoms with van der Waals surface area (Å²) < 4.78 is 41.4. The maximum Gasteiger partial charge on any atom is 0.230 e. The molecular formula is C34H38F2N4O5S. The van der Waals surface area contributed by atoms with E-state index in [2.05, 4.69) is 5.32 Å². The Labute approximate surface area is 270 Å². The number of rotatable bonds is 9. The maximum atomic E-state index is 15.4. The molecule has 46 heavy (non-hydrogen) atoms. The van der Waals surface area contributed by atoms with Crippen molar-refractivity contribution in [2.24, 2.45) is 33.4 Å². The number of methoxy groups -OCH3 is 1. The first-order chi connectivity index (χ1) is 21.8. The number of allylic oxidation sites excluding steroid dienone is 5. The number of fused-ring (bicyclic) bond motifs is 2. The highest BCUT2D eigenvalue weighted by atomic mass is 32.1. The third-order valence-corrected chi connectivity index (χ3v) is 11.6. The predicted octanol–water partition coefficient (Wildman–Crippen LogP) is 4.71. The van der Waals surface area contributed by atoms with E-state index in [0.29, 0.717) is 35.7 Å². The second-order valence-electron chi connectivity index (χ2n) is 13.9. The number of hydrogen-bond donors (Lipinski definition) is 3. The number of ether oxygens (including phenoxy) is 2. The van der Waals surface area contributed by atoms with E-state index in [1.807, 2.05) is 13.0 Å². The van der Waals surface area contributed by atoms with Gasteiger partial charge in [-0.2, -0.15) is 0 Å². The van der Waals surface area contributed by atoms with Crippen molar-refractivity contribution in [1.82, 2.24) is 10.3 Å². The third kappa shape index (κ3) is 5.00. The third-order valence-electron chi connectivity index (χ3n) is 10.4. The Morgan fingerprint density at radius 2 is 2.04 bits per heavy atom. The van der Waals surface area contributed by atoms with Gasteiger partial charge in [-0.15, -0.1) is 11.3 Å². The molecular weight excluding hydrogens is 614 g/mol. The number of amides is 2. The summed E-state index contributed by atoms with van der Waals surface area (Å²) in [7, 11) is 1.56. The van der Waals surface area contributed by atoms with Gasteiger partial charge in [-0.1, -0.05) is 12.2 Å². The van der Waals surface area contributed by atoms with E-state index in [-0.39, 0.29) is 36.9 Å². The molecule has 2 fully saturated rings. The number of primary amides is 1. The molecule has 6 aliphatic rings. The molecule has 9 nitrogen and oxygen atoms in total. The number of aromatic nitrogens is 1. The molecule has 2 aliphatic heterocycles. The van der Waals surface area contributed by atoms with Gasteiger partial charge in [0.05, 0.1) is 53.4 Å². The monoisotopic (exact) mass is 652 g/mol. The van der Waals surface area contributed by atoms with Gasteiger partial charge in [-0.3, -0.25) is 14.6 Å². The first kappa shape index (κ1) is 31.1. The van der Waals surface area contributed by atoms with Crippen molar-refractivity contribution < 1.29 is 33.0 Å². The lowest BCUT2D eigenvalue weighted by molar-refractivity contribution is -0.128. The molecule has 0 radical (unpaired) electrons. The first-order valence-electron chi connectivity index (χ1n) is 15.7. The molecule has 0 spiro atoms. The van der Waals surface area contributed by atoms with Gasteiger partial charge >= 0.3 is 0 Å². The maximum absolute atomic E-state index is 15.4. The van der Waals surface area contributed by atoms with Crippen molar-refractivity contribution >= 4 is 34.6 Å². The number of carbonyl (C=O) groups is 2. The van der Waals surface area contributed by atoms with Gasteiger partial charge in [-0.05, 0) is 63.7 Å². The fraction of sp³-hybridized carbons (Fsp3) is 0.529. The van der Waals surface area contributed by atoms with Gasteiger partial charge in [0, 0.05) is 29.2 Å². The van der Waals surface area contributed by atoms with E-state index in [1.54, 1.807) is 44.4 Å². The van der Waals surface area contributed by atoms with Crippen LogP contribution in [0.25, 0.3) is 5.76 Å². The van der Waals surface area contributed by atoms with Crippen molar-refractivity contribution in [3.05, 3.63) is 68.4 Å². The summed E-state index contributed by atoms with van der Waals surface area (Å²) in [5, 5.41) is 16.3. The first-order valence-corrected chi connectivity index (χ1v) is 16.5. The molecule has 5 unspecified atom stereocenters. The van der Waals surface area contributed by atoms with Crippen molar-refractivity contribution in [3.63, 3.8) is 0 Å². The van der Waals surface area contributed by atoms with E-state index in [4.69, 9.17) is 25.2 Å². The lowest BCUT2D eigenvalue weighted by atomic mass is 9.70. The molecule has 4 N–H and O–H groups in total. The zero-order valence-electron chi connectivity index (χ0n) is 26.3. The number of aliphatic hydroxyl groups is 1. The number of aliphatic imine (C=N–C) groups is 1. The second kappa shape index (κ2) is 10.8. The van der Waals surface area contributed by atoms with E-state index < -0.39 is 51.9 Å². The van der Waals surface area contributed by atoms with Gasteiger partial charge in [-0.25, -0.2) is 13.8 Å². The molecule has 1 aromatic rings. The minimum absolute atomic E-state index is 0.0197. The lowest BCUT2D eigenvalue weighted by Crippen LogP contribution is -2.51. The standard InChI is InChI=1S/C34H38F2N4O5S/c1-16-9-19(22(36)11-21(16)35)26-28-20(33(3,15-45-28)30(37)41)10-25(39-26)34(43,18-7-8-18)14-38-31(42)32(2)12-23(44-4)27-24(13-32)46-29(40-27)17-5-6-17/h7,10-12,17,19-20,28,43H,5-6,8-9,13-15H2,1-4H3,(H2,37,41)(H,38,42)/t19?,20?,28?,32?,33?,34-/m1/s1. The highest BCUT2D eigenvalue weighted by molar-refractivity contribution is 7.12. The number of thiazole rings is 1. The molecule has 1 aromatic heterocycles. The normalized spacial score (nSPS) is 33.0. The highest BCUT2D eigenvalue weighted by Crippen LogP contribution is 2.50. The Morgan fingerprint density at radius 1 is 1.30 bits per heavy atom. The van der Waals surface area contributed by atoms with Crippen molar-refractivity contribution in [2.45, 2.75) is 70.5 Å². The Morgan fingerprint density at radius 3 is 2.70 bits per heavy atom. The summed E-state index contributed by atoms with van der Waals surface area (Å²) in [5.41, 5.74) is 4.20. The van der Waals surface area contributed by atoms with E-state index >= 15 is 4.39 Å². The Balaban J connectivity index is 1.20. The van der Waals surface area contributed by atoms with Crippen LogP contribution in [0.5, 0.6) is 0 Å². The number of carbonyl (C=O) groups excluding carboxylic acids is 2. The predicted molar refractivity (Wildman–Crippen MR) is 169 cm³/mol. The SMILES string of the molecule is COC1=CC(C)(C(=O)NC[C@@](O)(C2=CC2)C2=CC3C(OCC3(C)C(N)=O)C(C3CC(C)=C(F)C=C3F)=N2)Cc2sc(C3CC3)nc21. The molecule has 1 saturated heterocycles. The Kier molecular flexibility index (Phi) is 7.30. The molecule has 7 rings (SSSR count). The van der Waals surface area contributed by atoms with Crippen LogP contribution in [-0.4, -0.2) is 59.6 Å². The lowest BCUT2D eigenvalue weighted by Gasteiger charge is -2.38. The minimum atomic E-state index is -1.74. The topological polar surface area (TPSA) is 136 Å². The zero-order valence-corrected chi connectivity index (χ0v) is 27.1. The van der Waals surface area contributed by atoms with Gasteiger partial charge in [0.25, 0.3) is 0 Å². The molecule has 3 heterocycles. The molecule has 6 atom stereocenters. The van der Waals surface area contributed by atoms with Crippen LogP contribution < -0.4 is 11.1 Å². The summed E-state index contributed by atoms with van der Waals surface area (Å²) in [6.45, 7) is 4.87. The summed E-state index contributed by atoms with van der Waals surface area (Å²) in [4.78, 5) is 37.2. The number of nitrogens with zero attached hydrogens (tertiary/aromatic N) is 2. The van der Waals surface area contributed by atoms with Crippen molar-refractivity contribution in [3.8, 4) is 0 Å². The van der Waals surface area contributed by atoms with Gasteiger partial charge in [0.1, 0.15) is 34.8 Å². The van der Waals surface area contributed by atoms with E-state index in [1.165, 1.54) is 0 Å². The van der Waals surface area contributed by atoms with Crippen LogP contribution in [0.15, 0.2) is 57.8 Å². The highest BCUT2D eigenvalue weighted by Gasteiger charge is 2.56. The summed E-state index contributed by atoms with van der Waals surface area (Å²) in [6.07, 6.45) is 8.57. The molecule has 244 valence electrons. The van der Waals surface area contributed by atoms with E-state index in [0.717, 1.165) is 34.5 Å². The summed E-state index contributed by atoms with van der Waals surface area (Å²) >= 11 is 1.62. The molecule has 12 heteroatoms. The van der Waals surface area contributed by atoms with Gasteiger partial charge in [0.2, 0.25) is 11.8 Å². The van der Waals surface area contributed by atoms with Crippen LogP contribution in [0.3, 0.4) is 0 Å². The van der Waals surface area contributed by atoms with Crippen LogP contribution in [0.1, 0.15) is 68.0 Å². The van der Waals surface area contributed by atoms with Gasteiger partial charge < -0.3 is 25.6 Å². The Hall–Kier alpha value is -3.48. The average molecular weight is 653 g/mol. The van der Waals surface area contributed by atoms with Crippen molar-refractivity contribution in [2.75, 3.05) is 20.3 Å². The molecule has 0 bridgehead atoms. The quantitative estimate of drug-likeness (QED) is 0.331. The smallest absolute Gasteiger partial charge is 0.230 e.